The van der Waals surface area contributed by atoms with Gasteiger partial charge in [0.25, 0.3) is 5.91 Å². The molecule has 168 valence electrons. The number of piperazine rings is 1. The van der Waals surface area contributed by atoms with Gasteiger partial charge in [0.2, 0.25) is 5.82 Å². The lowest BCUT2D eigenvalue weighted by molar-refractivity contribution is 0.0734. The van der Waals surface area contributed by atoms with Crippen molar-refractivity contribution in [2.24, 2.45) is 0 Å². The number of amides is 1. The van der Waals surface area contributed by atoms with Crippen molar-refractivity contribution in [3.63, 3.8) is 0 Å². The van der Waals surface area contributed by atoms with Crippen LogP contribution in [0.5, 0.6) is 0 Å². The third-order valence-electron chi connectivity index (χ3n) is 5.94. The summed E-state index contributed by atoms with van der Waals surface area (Å²) in [5.41, 5.74) is 1.77. The van der Waals surface area contributed by atoms with Crippen molar-refractivity contribution in [3.05, 3.63) is 84.3 Å². The molecule has 4 heterocycles. The molecular weight excluding hydrogens is 446 g/mol. The lowest BCUT2D eigenvalue weighted by atomic mass is 10.2. The molecule has 34 heavy (non-hydrogen) atoms. The van der Waals surface area contributed by atoms with Gasteiger partial charge in [-0.2, -0.15) is 0 Å². The van der Waals surface area contributed by atoms with Crippen molar-refractivity contribution < 1.29 is 4.79 Å². The molecule has 1 aliphatic rings. The molecule has 3 aromatic heterocycles. The lowest BCUT2D eigenvalue weighted by Crippen LogP contribution is -2.49. The summed E-state index contributed by atoms with van der Waals surface area (Å²) in [7, 11) is 0. The first kappa shape index (κ1) is 20.5. The Kier molecular flexibility index (Phi) is 5.23. The number of hydrogen-bond acceptors (Lipinski definition) is 7. The average Bonchev–Trinajstić information content (AvgIpc) is 3.57. The molecule has 8 nitrogen and oxygen atoms in total. The van der Waals surface area contributed by atoms with Crippen molar-refractivity contribution in [3.8, 4) is 17.1 Å². The van der Waals surface area contributed by atoms with Gasteiger partial charge in [0.1, 0.15) is 17.0 Å². The zero-order valence-electron chi connectivity index (χ0n) is 18.3. The number of carbonyl (C=O) groups excluding carboxylic acids is 1. The summed E-state index contributed by atoms with van der Waals surface area (Å²) in [6.07, 6.45) is 1.61. The van der Waals surface area contributed by atoms with E-state index < -0.39 is 0 Å². The second-order valence-corrected chi connectivity index (χ2v) is 8.88. The van der Waals surface area contributed by atoms with E-state index in [0.29, 0.717) is 32.0 Å². The molecule has 6 rings (SSSR count). The molecule has 0 radical (unpaired) electrons. The molecule has 1 amide bonds. The molecule has 0 N–H and O–H groups in total. The summed E-state index contributed by atoms with van der Waals surface area (Å²) in [6, 6.07) is 21.6. The Balaban J connectivity index is 1.26. The van der Waals surface area contributed by atoms with Crippen LogP contribution in [0.4, 0.5) is 5.82 Å². The molecule has 5 aromatic rings. The minimum atomic E-state index is -0.158. The molecule has 0 bridgehead atoms. The predicted octanol–water partition coefficient (Wildman–Crippen LogP) is 3.90. The van der Waals surface area contributed by atoms with E-state index in [2.05, 4.69) is 31.0 Å². The minimum Gasteiger partial charge on any atom is -0.352 e. The quantitative estimate of drug-likeness (QED) is 0.399. The topological polar surface area (TPSA) is 80.0 Å². The first-order valence-corrected chi connectivity index (χ1v) is 12.0. The number of rotatable bonds is 4. The zero-order valence-corrected chi connectivity index (χ0v) is 19.1. The third-order valence-corrected chi connectivity index (χ3v) is 6.76. The largest absolute Gasteiger partial charge is 0.352 e. The average molecular weight is 468 g/mol. The number of anilines is 1. The summed E-state index contributed by atoms with van der Waals surface area (Å²) in [5.74, 6) is 1.62. The molecule has 9 heteroatoms. The van der Waals surface area contributed by atoms with Crippen LogP contribution in [0.2, 0.25) is 0 Å². The van der Waals surface area contributed by atoms with Gasteiger partial charge >= 0.3 is 0 Å². The number of aromatic nitrogens is 5. The molecule has 1 aliphatic heterocycles. The summed E-state index contributed by atoms with van der Waals surface area (Å²) < 4.78 is 1.74. The molecular formula is C25H21N7OS. The highest BCUT2D eigenvalue weighted by atomic mass is 32.1. The van der Waals surface area contributed by atoms with Gasteiger partial charge in [-0.05, 0) is 23.6 Å². The van der Waals surface area contributed by atoms with E-state index in [1.807, 2.05) is 70.9 Å². The normalized spacial score (nSPS) is 14.0. The second-order valence-electron chi connectivity index (χ2n) is 7.99. The smallest absolute Gasteiger partial charge is 0.293 e. The maximum atomic E-state index is 13.4. The van der Waals surface area contributed by atoms with Gasteiger partial charge in [0.15, 0.2) is 5.82 Å². The number of thiophene rings is 1. The Morgan fingerprint density at radius 2 is 1.59 bits per heavy atom. The highest BCUT2D eigenvalue weighted by molar-refractivity contribution is 7.16. The van der Waals surface area contributed by atoms with Gasteiger partial charge in [-0.25, -0.2) is 19.6 Å². The van der Waals surface area contributed by atoms with E-state index in [1.165, 1.54) is 0 Å². The fraction of sp³-hybridized carbons (Fsp3) is 0.160. The number of benzene rings is 2. The Morgan fingerprint density at radius 3 is 2.35 bits per heavy atom. The predicted molar refractivity (Wildman–Crippen MR) is 132 cm³/mol. The van der Waals surface area contributed by atoms with Gasteiger partial charge in [0.05, 0.1) is 11.1 Å². The van der Waals surface area contributed by atoms with E-state index in [9.17, 15) is 4.79 Å². The minimum absolute atomic E-state index is 0.158. The monoisotopic (exact) mass is 467 g/mol. The SMILES string of the molecule is O=C(c1nc(-c2ccccc2)n(-c2ccccc2)n1)N1CCN(c2ncnc3sccc23)CC1. The van der Waals surface area contributed by atoms with Crippen LogP contribution in [0.15, 0.2) is 78.4 Å². The first-order valence-electron chi connectivity index (χ1n) is 11.1. The number of hydrogen-bond donors (Lipinski definition) is 0. The summed E-state index contributed by atoms with van der Waals surface area (Å²) >= 11 is 1.61. The van der Waals surface area contributed by atoms with Crippen LogP contribution >= 0.6 is 11.3 Å². The lowest BCUT2D eigenvalue weighted by Gasteiger charge is -2.35. The molecule has 1 saturated heterocycles. The molecule has 0 unspecified atom stereocenters. The van der Waals surface area contributed by atoms with Crippen molar-refractivity contribution in [2.45, 2.75) is 0 Å². The Labute approximate surface area is 200 Å². The Bertz CT molecular complexity index is 1380. The Morgan fingerprint density at radius 1 is 0.853 bits per heavy atom. The standard InChI is InChI=1S/C25H21N7OS/c33-25(31-14-12-30(13-15-31)23-20-11-16-34-24(20)27-17-26-23)21-28-22(18-7-3-1-4-8-18)32(29-21)19-9-5-2-6-10-19/h1-11,16-17H,12-15H2. The number of carbonyl (C=O) groups is 1. The van der Waals surface area contributed by atoms with Crippen LogP contribution in [0.3, 0.4) is 0 Å². The number of nitrogens with zero attached hydrogens (tertiary/aromatic N) is 7. The van der Waals surface area contributed by atoms with E-state index in [4.69, 9.17) is 0 Å². The molecule has 0 spiro atoms. The van der Waals surface area contributed by atoms with Gasteiger partial charge < -0.3 is 9.80 Å². The first-order chi connectivity index (χ1) is 16.8. The molecule has 1 fully saturated rings. The fourth-order valence-corrected chi connectivity index (χ4v) is 4.95. The number of para-hydroxylation sites is 1. The molecule has 2 aromatic carbocycles. The van der Waals surface area contributed by atoms with Crippen molar-refractivity contribution in [1.82, 2.24) is 29.6 Å². The fourth-order valence-electron chi connectivity index (χ4n) is 4.22. The van der Waals surface area contributed by atoms with Crippen LogP contribution in [-0.4, -0.2) is 61.7 Å². The third kappa shape index (κ3) is 3.69. The Hall–Kier alpha value is -4.11. The maximum Gasteiger partial charge on any atom is 0.293 e. The van der Waals surface area contributed by atoms with Crippen LogP contribution in [0.25, 0.3) is 27.3 Å². The van der Waals surface area contributed by atoms with Gasteiger partial charge in [-0.3, -0.25) is 4.79 Å². The van der Waals surface area contributed by atoms with Crippen molar-refractivity contribution in [1.29, 1.82) is 0 Å². The maximum absolute atomic E-state index is 13.4. The van der Waals surface area contributed by atoms with Crippen LogP contribution < -0.4 is 4.90 Å². The van der Waals surface area contributed by atoms with Gasteiger partial charge in [-0.1, -0.05) is 48.5 Å². The van der Waals surface area contributed by atoms with E-state index in [-0.39, 0.29) is 11.7 Å². The number of fused-ring (bicyclic) bond motifs is 1. The zero-order chi connectivity index (χ0) is 22.9. The molecule has 0 atom stereocenters. The highest BCUT2D eigenvalue weighted by Crippen LogP contribution is 2.28. The van der Waals surface area contributed by atoms with Gasteiger partial charge in [0, 0.05) is 31.7 Å². The second kappa shape index (κ2) is 8.68. The van der Waals surface area contributed by atoms with Crippen LogP contribution in [0.1, 0.15) is 10.6 Å². The molecule has 0 saturated carbocycles. The van der Waals surface area contributed by atoms with E-state index in [1.54, 1.807) is 22.3 Å². The summed E-state index contributed by atoms with van der Waals surface area (Å²) in [5, 5.41) is 7.71. The van der Waals surface area contributed by atoms with Crippen LogP contribution in [-0.2, 0) is 0 Å². The molecule has 0 aliphatic carbocycles. The van der Waals surface area contributed by atoms with Crippen molar-refractivity contribution >= 4 is 33.3 Å². The summed E-state index contributed by atoms with van der Waals surface area (Å²) in [4.78, 5) is 31.9. The van der Waals surface area contributed by atoms with Crippen LogP contribution in [0, 0.1) is 0 Å². The highest BCUT2D eigenvalue weighted by Gasteiger charge is 2.28. The summed E-state index contributed by atoms with van der Waals surface area (Å²) in [6.45, 7) is 2.54. The van der Waals surface area contributed by atoms with Gasteiger partial charge in [-0.15, -0.1) is 16.4 Å². The van der Waals surface area contributed by atoms with E-state index >= 15 is 0 Å². The van der Waals surface area contributed by atoms with Crippen molar-refractivity contribution in [2.75, 3.05) is 31.1 Å². The van der Waals surface area contributed by atoms with E-state index in [0.717, 1.165) is 27.3 Å².